The third-order valence-corrected chi connectivity index (χ3v) is 5.16. The van der Waals surface area contributed by atoms with Gasteiger partial charge in [-0.2, -0.15) is 8.42 Å². The van der Waals surface area contributed by atoms with Gasteiger partial charge in [0.2, 0.25) is 0 Å². The van der Waals surface area contributed by atoms with Crippen molar-refractivity contribution in [1.29, 1.82) is 0 Å². The van der Waals surface area contributed by atoms with Crippen LogP contribution in [0.25, 0.3) is 0 Å². The van der Waals surface area contributed by atoms with Crippen LogP contribution in [0.4, 0.5) is 0 Å². The molecule has 3 nitrogen and oxygen atoms in total. The van der Waals surface area contributed by atoms with Crippen LogP contribution < -0.4 is 0 Å². The Morgan fingerprint density at radius 3 is 1.83 bits per heavy atom. The second kappa shape index (κ2) is 15.6. The fourth-order valence-corrected chi connectivity index (χ4v) is 3.65. The molecule has 0 aliphatic carbocycles. The Labute approximate surface area is 178 Å². The predicted molar refractivity (Wildman–Crippen MR) is 103 cm³/mol. The minimum atomic E-state index is -3.44. The van der Waals surface area contributed by atoms with Gasteiger partial charge in [-0.25, -0.2) is 0 Å². The molecule has 1 aromatic rings. The molecule has 0 atom stereocenters. The molecule has 0 aliphatic rings. The molecular weight excluding hydrogens is 348 g/mol. The molecule has 0 saturated carbocycles. The Morgan fingerprint density at radius 2 is 1.29 bits per heavy atom. The van der Waals surface area contributed by atoms with E-state index < -0.39 is 10.1 Å². The summed E-state index contributed by atoms with van der Waals surface area (Å²) in [6.07, 6.45) is 12.3. The van der Waals surface area contributed by atoms with Crippen LogP contribution in [0.15, 0.2) is 30.3 Å². The van der Waals surface area contributed by atoms with Gasteiger partial charge >= 0.3 is 0 Å². The smallest absolute Gasteiger partial charge is 0.270 e. The first kappa shape index (κ1) is 24.4. The average Bonchev–Trinajstić information content (AvgIpc) is 2.53. The van der Waals surface area contributed by atoms with Gasteiger partial charge in [-0.05, 0) is 12.0 Å². The maximum absolute atomic E-state index is 11.8. The molecule has 2 radical (unpaired) electrons. The molecule has 0 amide bonds. The minimum Gasteiger partial charge on any atom is -0.270 e. The number of hydrogen-bond donors (Lipinski definition) is 0. The van der Waals surface area contributed by atoms with E-state index in [1.54, 1.807) is 12.1 Å². The van der Waals surface area contributed by atoms with Crippen molar-refractivity contribution >= 4 is 47.9 Å². The Hall–Kier alpha value is 0.390. The van der Waals surface area contributed by atoms with Crippen LogP contribution in [0.3, 0.4) is 0 Å². The molecule has 1 rings (SSSR count). The molecule has 0 bridgehead atoms. The van der Waals surface area contributed by atoms with Crippen LogP contribution in [0.5, 0.6) is 0 Å². The molecule has 24 heavy (non-hydrogen) atoms. The first-order valence-electron chi connectivity index (χ1n) is 9.05. The van der Waals surface area contributed by atoms with Crippen LogP contribution in [0.1, 0.15) is 76.7 Å². The zero-order valence-electron chi connectivity index (χ0n) is 15.2. The normalized spacial score (nSPS) is 11.2. The van der Waals surface area contributed by atoms with Gasteiger partial charge in [-0.15, -0.1) is 0 Å². The Balaban J connectivity index is 0.00000529. The predicted octanol–water partition coefficient (Wildman–Crippen LogP) is 5.07. The summed E-state index contributed by atoms with van der Waals surface area (Å²) in [6.45, 7) is 2.55. The number of rotatable bonds is 14. The van der Waals surface area contributed by atoms with Gasteiger partial charge in [0.05, 0.1) is 6.61 Å². The van der Waals surface area contributed by atoms with Gasteiger partial charge in [0.25, 0.3) is 10.1 Å². The Bertz CT molecular complexity index is 489. The van der Waals surface area contributed by atoms with Gasteiger partial charge < -0.3 is 0 Å². The van der Waals surface area contributed by atoms with Gasteiger partial charge in [-0.1, -0.05) is 95.0 Å². The van der Waals surface area contributed by atoms with Crippen LogP contribution in [-0.2, 0) is 20.1 Å². The molecule has 5 heteroatoms. The largest absolute Gasteiger partial charge is 0.271 e. The summed E-state index contributed by atoms with van der Waals surface area (Å²) in [4.78, 5) is 0. The molecule has 0 heterocycles. The standard InChI is InChI=1S/C19H32O3S.Ca/c1-2-3-4-5-6-7-8-9-10-14-17-22-23(20,21)18-19-15-12-11-13-16-19;/h11-13,15-16H,2-10,14,17-18H2,1H3;. The van der Waals surface area contributed by atoms with E-state index in [1.807, 2.05) is 18.2 Å². The van der Waals surface area contributed by atoms with Crippen molar-refractivity contribution in [3.63, 3.8) is 0 Å². The topological polar surface area (TPSA) is 43.4 Å². The quantitative estimate of drug-likeness (QED) is 0.257. The van der Waals surface area contributed by atoms with Crippen molar-refractivity contribution in [3.8, 4) is 0 Å². The Kier molecular flexibility index (Phi) is 15.9. The van der Waals surface area contributed by atoms with Crippen molar-refractivity contribution in [1.82, 2.24) is 0 Å². The average molecular weight is 381 g/mol. The molecule has 1 aromatic carbocycles. The summed E-state index contributed by atoms with van der Waals surface area (Å²) in [7, 11) is -3.44. The maximum Gasteiger partial charge on any atom is 0.271 e. The van der Waals surface area contributed by atoms with E-state index in [0.717, 1.165) is 18.4 Å². The molecule has 0 unspecified atom stereocenters. The van der Waals surface area contributed by atoms with E-state index in [9.17, 15) is 8.42 Å². The second-order valence-electron chi connectivity index (χ2n) is 6.19. The monoisotopic (exact) mass is 380 g/mol. The SMILES string of the molecule is CCCCCCCCCCCCOS(=O)(=O)Cc1ccccc1.[Ca]. The third kappa shape index (κ3) is 13.7. The van der Waals surface area contributed by atoms with Crippen LogP contribution >= 0.6 is 0 Å². The summed E-state index contributed by atoms with van der Waals surface area (Å²) < 4.78 is 28.8. The molecule has 0 fully saturated rings. The van der Waals surface area contributed by atoms with E-state index in [2.05, 4.69) is 6.92 Å². The molecule has 0 N–H and O–H groups in total. The molecule has 0 saturated heterocycles. The Morgan fingerprint density at radius 1 is 0.792 bits per heavy atom. The van der Waals surface area contributed by atoms with Gasteiger partial charge in [0.1, 0.15) is 5.75 Å². The van der Waals surface area contributed by atoms with E-state index in [-0.39, 0.29) is 43.5 Å². The van der Waals surface area contributed by atoms with Crippen molar-refractivity contribution < 1.29 is 12.6 Å². The van der Waals surface area contributed by atoms with E-state index in [4.69, 9.17) is 4.18 Å². The number of hydrogen-bond acceptors (Lipinski definition) is 3. The van der Waals surface area contributed by atoms with E-state index in [1.165, 1.54) is 51.4 Å². The molecular formula is C19H32CaO3S. The summed E-state index contributed by atoms with van der Waals surface area (Å²) >= 11 is 0. The molecule has 0 aromatic heterocycles. The van der Waals surface area contributed by atoms with E-state index >= 15 is 0 Å². The zero-order valence-corrected chi connectivity index (χ0v) is 18.2. The first-order valence-corrected chi connectivity index (χ1v) is 10.6. The third-order valence-electron chi connectivity index (χ3n) is 3.95. The molecule has 0 aliphatic heterocycles. The van der Waals surface area contributed by atoms with Gasteiger partial charge in [0, 0.05) is 37.7 Å². The zero-order chi connectivity index (χ0) is 16.8. The second-order valence-corrected chi connectivity index (χ2v) is 7.83. The summed E-state index contributed by atoms with van der Waals surface area (Å²) in [5.41, 5.74) is 0.774. The van der Waals surface area contributed by atoms with Crippen molar-refractivity contribution in [2.75, 3.05) is 6.61 Å². The van der Waals surface area contributed by atoms with Crippen LogP contribution in [0.2, 0.25) is 0 Å². The maximum atomic E-state index is 11.8. The minimum absolute atomic E-state index is 0. The van der Waals surface area contributed by atoms with Crippen LogP contribution in [-0.4, -0.2) is 52.8 Å². The number of benzene rings is 1. The summed E-state index contributed by atoms with van der Waals surface area (Å²) in [6, 6.07) is 9.17. The first-order chi connectivity index (χ1) is 11.1. The summed E-state index contributed by atoms with van der Waals surface area (Å²) in [5.74, 6) is -0.0361. The molecule has 0 spiro atoms. The van der Waals surface area contributed by atoms with Crippen molar-refractivity contribution in [2.45, 2.75) is 76.9 Å². The summed E-state index contributed by atoms with van der Waals surface area (Å²) in [5, 5.41) is 0. The fourth-order valence-electron chi connectivity index (χ4n) is 2.60. The van der Waals surface area contributed by atoms with E-state index in [0.29, 0.717) is 6.61 Å². The fraction of sp³-hybridized carbons (Fsp3) is 0.684. The van der Waals surface area contributed by atoms with Crippen molar-refractivity contribution in [3.05, 3.63) is 35.9 Å². The molecule has 134 valence electrons. The number of unbranched alkanes of at least 4 members (excludes halogenated alkanes) is 9. The van der Waals surface area contributed by atoms with Crippen LogP contribution in [0, 0.1) is 0 Å². The van der Waals surface area contributed by atoms with Crippen molar-refractivity contribution in [2.24, 2.45) is 0 Å². The van der Waals surface area contributed by atoms with Gasteiger partial charge in [0.15, 0.2) is 0 Å². The van der Waals surface area contributed by atoms with Gasteiger partial charge in [-0.3, -0.25) is 4.18 Å².